The van der Waals surface area contributed by atoms with Gasteiger partial charge in [0.25, 0.3) is 0 Å². The Balaban J connectivity index is 2.82. The van der Waals surface area contributed by atoms with Crippen LogP contribution in [0.4, 0.5) is 13.2 Å². The lowest BCUT2D eigenvalue weighted by molar-refractivity contribution is -0.138. The molecule has 8 heteroatoms. The zero-order valence-corrected chi connectivity index (χ0v) is 13.4. The summed E-state index contributed by atoms with van der Waals surface area (Å²) in [6.07, 6.45) is -7.13. The van der Waals surface area contributed by atoms with Crippen LogP contribution in [0, 0.1) is 0 Å². The number of aliphatic hydroxyl groups excluding tert-OH is 2. The van der Waals surface area contributed by atoms with E-state index in [1.54, 1.807) is 0 Å². The molecule has 1 rings (SSSR count). The Morgan fingerprint density at radius 1 is 1.38 bits per heavy atom. The van der Waals surface area contributed by atoms with Crippen LogP contribution >= 0.6 is 27.7 Å². The van der Waals surface area contributed by atoms with Gasteiger partial charge in [-0.1, -0.05) is 33.8 Å². The average Bonchev–Trinajstić information content (AvgIpc) is 2.36. The molecule has 21 heavy (non-hydrogen) atoms. The molecule has 0 aliphatic carbocycles. The molecule has 0 aliphatic heterocycles. The molecule has 0 amide bonds. The number of hydrogen-bond acceptors (Lipinski definition) is 4. The van der Waals surface area contributed by atoms with E-state index in [9.17, 15) is 28.2 Å². The van der Waals surface area contributed by atoms with Gasteiger partial charge in [0.05, 0.1) is 11.7 Å². The van der Waals surface area contributed by atoms with E-state index in [1.807, 2.05) is 0 Å². The maximum Gasteiger partial charge on any atom is 0.417 e. The first-order valence-electron chi connectivity index (χ1n) is 5.99. The van der Waals surface area contributed by atoms with Crippen LogP contribution in [-0.4, -0.2) is 27.2 Å². The van der Waals surface area contributed by atoms with Crippen molar-refractivity contribution in [3.8, 4) is 0 Å². The maximum absolute atomic E-state index is 12.8. The van der Waals surface area contributed by atoms with Gasteiger partial charge in [-0.15, -0.1) is 0 Å². The molecular weight excluding hydrogens is 373 g/mol. The first kappa shape index (κ1) is 18.5. The van der Waals surface area contributed by atoms with Gasteiger partial charge in [-0.3, -0.25) is 4.79 Å². The number of carbonyl (C=O) groups excluding carboxylic acids is 1. The zero-order valence-electron chi connectivity index (χ0n) is 11.0. The van der Waals surface area contributed by atoms with Crippen LogP contribution in [0.15, 0.2) is 22.7 Å². The van der Waals surface area contributed by atoms with E-state index in [-0.39, 0.29) is 27.3 Å². The van der Waals surface area contributed by atoms with Gasteiger partial charge in [-0.2, -0.15) is 13.2 Å². The fraction of sp³-hybridized carbons (Fsp3) is 0.462. The lowest BCUT2D eigenvalue weighted by Crippen LogP contribution is -2.20. The topological polar surface area (TPSA) is 57.5 Å². The number of benzene rings is 1. The van der Waals surface area contributed by atoms with Crippen molar-refractivity contribution in [2.24, 2.45) is 0 Å². The normalized spacial score (nSPS) is 14.8. The van der Waals surface area contributed by atoms with E-state index in [2.05, 4.69) is 15.9 Å². The molecule has 0 heterocycles. The van der Waals surface area contributed by atoms with Crippen molar-refractivity contribution >= 4 is 32.8 Å². The highest BCUT2D eigenvalue weighted by atomic mass is 79.9. The molecule has 118 valence electrons. The van der Waals surface area contributed by atoms with Crippen LogP contribution in [0.1, 0.15) is 30.6 Å². The predicted molar refractivity (Wildman–Crippen MR) is 77.9 cm³/mol. The van der Waals surface area contributed by atoms with Crippen molar-refractivity contribution in [1.29, 1.82) is 0 Å². The monoisotopic (exact) mass is 386 g/mol. The van der Waals surface area contributed by atoms with Crippen molar-refractivity contribution < 1.29 is 28.2 Å². The molecule has 2 atom stereocenters. The molecule has 0 radical (unpaired) electrons. The summed E-state index contributed by atoms with van der Waals surface area (Å²) in [4.78, 5) is 10.7. The maximum atomic E-state index is 12.8. The number of rotatable bonds is 5. The van der Waals surface area contributed by atoms with E-state index in [4.69, 9.17) is 0 Å². The van der Waals surface area contributed by atoms with E-state index in [0.717, 1.165) is 17.8 Å². The van der Waals surface area contributed by atoms with Gasteiger partial charge in [0.15, 0.2) is 5.12 Å². The van der Waals surface area contributed by atoms with Gasteiger partial charge >= 0.3 is 6.18 Å². The quantitative estimate of drug-likeness (QED) is 0.812. The van der Waals surface area contributed by atoms with E-state index in [0.29, 0.717) is 0 Å². The molecule has 0 saturated heterocycles. The third-order valence-corrected chi connectivity index (χ3v) is 4.26. The summed E-state index contributed by atoms with van der Waals surface area (Å²) in [7, 11) is 0. The van der Waals surface area contributed by atoms with Crippen LogP contribution in [-0.2, 0) is 11.0 Å². The average molecular weight is 387 g/mol. The number of hydrogen-bond donors (Lipinski definition) is 2. The molecule has 0 fully saturated rings. The Kier molecular flexibility index (Phi) is 6.71. The standard InChI is InChI=1S/C13H14BrF3O3S/c1-7(18)21-5-4-11(19)12(20)8-2-3-10(14)9(6-8)13(15,16)17/h2-3,6,11-12,19-20H,4-5H2,1H3. The van der Waals surface area contributed by atoms with Gasteiger partial charge in [0.1, 0.15) is 6.10 Å². The Labute approximate surface area is 132 Å². The SMILES string of the molecule is CC(=O)SCCC(O)C(O)c1ccc(Br)c(C(F)(F)F)c1. The summed E-state index contributed by atoms with van der Waals surface area (Å²) < 4.78 is 38.2. The largest absolute Gasteiger partial charge is 0.417 e. The van der Waals surface area contributed by atoms with E-state index < -0.39 is 23.9 Å². The fourth-order valence-corrected chi connectivity index (χ4v) is 2.77. The molecular formula is C13H14BrF3O3S. The van der Waals surface area contributed by atoms with Crippen molar-refractivity contribution in [3.05, 3.63) is 33.8 Å². The minimum absolute atomic E-state index is 0.0224. The van der Waals surface area contributed by atoms with Crippen LogP contribution in [0.25, 0.3) is 0 Å². The lowest BCUT2D eigenvalue weighted by atomic mass is 10.0. The molecule has 1 aromatic rings. The highest BCUT2D eigenvalue weighted by Crippen LogP contribution is 2.36. The molecule has 1 aromatic carbocycles. The highest BCUT2D eigenvalue weighted by molar-refractivity contribution is 9.10. The molecule has 2 N–H and O–H groups in total. The summed E-state index contributed by atoms with van der Waals surface area (Å²) in [6.45, 7) is 1.37. The second-order valence-electron chi connectivity index (χ2n) is 4.38. The third kappa shape index (κ3) is 5.61. The van der Waals surface area contributed by atoms with Crippen LogP contribution < -0.4 is 0 Å². The molecule has 3 nitrogen and oxygen atoms in total. The number of thioether (sulfide) groups is 1. The summed E-state index contributed by atoms with van der Waals surface area (Å²) in [5, 5.41) is 19.6. The Bertz CT molecular complexity index is 508. The first-order valence-corrected chi connectivity index (χ1v) is 7.77. The van der Waals surface area contributed by atoms with Gasteiger partial charge in [-0.25, -0.2) is 0 Å². The van der Waals surface area contributed by atoms with E-state index >= 15 is 0 Å². The minimum atomic E-state index is -4.55. The summed E-state index contributed by atoms with van der Waals surface area (Å²) >= 11 is 3.79. The number of aliphatic hydroxyl groups is 2. The lowest BCUT2D eigenvalue weighted by Gasteiger charge is -2.19. The Hall–Kier alpha value is -0.570. The van der Waals surface area contributed by atoms with Gasteiger partial charge in [0.2, 0.25) is 0 Å². The van der Waals surface area contributed by atoms with Gasteiger partial charge < -0.3 is 10.2 Å². The first-order chi connectivity index (χ1) is 9.62. The summed E-state index contributed by atoms with van der Waals surface area (Å²) in [5.74, 6) is 0.288. The smallest absolute Gasteiger partial charge is 0.390 e. The van der Waals surface area contributed by atoms with Crippen LogP contribution in [0.2, 0.25) is 0 Å². The Morgan fingerprint density at radius 3 is 2.52 bits per heavy atom. The third-order valence-electron chi connectivity index (χ3n) is 2.72. The fourth-order valence-electron chi connectivity index (χ4n) is 1.65. The number of alkyl halides is 3. The highest BCUT2D eigenvalue weighted by Gasteiger charge is 2.34. The second-order valence-corrected chi connectivity index (χ2v) is 6.50. The van der Waals surface area contributed by atoms with Crippen LogP contribution in [0.5, 0.6) is 0 Å². The Morgan fingerprint density at radius 2 is 2.00 bits per heavy atom. The minimum Gasteiger partial charge on any atom is -0.390 e. The zero-order chi connectivity index (χ0) is 16.2. The van der Waals surface area contributed by atoms with Gasteiger partial charge in [-0.05, 0) is 24.1 Å². The summed E-state index contributed by atoms with van der Waals surface area (Å²) in [5.41, 5.74) is -0.935. The number of halogens is 4. The van der Waals surface area contributed by atoms with Crippen molar-refractivity contribution in [2.75, 3.05) is 5.75 Å². The summed E-state index contributed by atoms with van der Waals surface area (Å²) in [6, 6.07) is 3.29. The molecule has 0 bridgehead atoms. The van der Waals surface area contributed by atoms with Crippen molar-refractivity contribution in [2.45, 2.75) is 31.7 Å². The van der Waals surface area contributed by atoms with Crippen molar-refractivity contribution in [3.63, 3.8) is 0 Å². The molecule has 0 spiro atoms. The van der Waals surface area contributed by atoms with E-state index in [1.165, 1.54) is 19.1 Å². The van der Waals surface area contributed by atoms with Crippen molar-refractivity contribution in [1.82, 2.24) is 0 Å². The number of carbonyl (C=O) groups is 1. The predicted octanol–water partition coefficient (Wildman–Crippen LogP) is 3.53. The molecule has 0 aromatic heterocycles. The van der Waals surface area contributed by atoms with Crippen LogP contribution in [0.3, 0.4) is 0 Å². The van der Waals surface area contributed by atoms with Gasteiger partial charge in [0, 0.05) is 17.1 Å². The second kappa shape index (κ2) is 7.62. The molecule has 0 aliphatic rings. The molecule has 2 unspecified atom stereocenters. The molecule has 0 saturated carbocycles.